The van der Waals surface area contributed by atoms with Crippen LogP contribution in [0.5, 0.6) is 0 Å². The summed E-state index contributed by atoms with van der Waals surface area (Å²) in [6, 6.07) is 12.2. The molecule has 0 unspecified atom stereocenters. The summed E-state index contributed by atoms with van der Waals surface area (Å²) in [6.07, 6.45) is 0. The Hall–Kier alpha value is -0.680. The molecule has 0 saturated carbocycles. The molecule has 0 aliphatic carbocycles. The Morgan fingerprint density at radius 1 is 1.19 bits per heavy atom. The van der Waals surface area contributed by atoms with Gasteiger partial charge in [0.05, 0.1) is 10.4 Å². The summed E-state index contributed by atoms with van der Waals surface area (Å²) in [4.78, 5) is 5.37. The third-order valence-electron chi connectivity index (χ3n) is 2.08. The van der Waals surface area contributed by atoms with E-state index in [1.807, 2.05) is 30.3 Å². The third-order valence-corrected chi connectivity index (χ3v) is 3.64. The summed E-state index contributed by atoms with van der Waals surface area (Å²) in [5.74, 6) is 0. The van der Waals surface area contributed by atoms with E-state index in [9.17, 15) is 0 Å². The monoisotopic (exact) mass is 297 g/mol. The minimum absolute atomic E-state index is 0.589. The molecular formula is C12H12BrNOS. The first-order valence-corrected chi connectivity index (χ1v) is 6.63. The number of benzene rings is 1. The highest BCUT2D eigenvalue weighted by molar-refractivity contribution is 9.11. The lowest BCUT2D eigenvalue weighted by molar-refractivity contribution is 0.0236. The van der Waals surface area contributed by atoms with Crippen molar-refractivity contribution in [3.8, 4) is 0 Å². The molecule has 0 saturated heterocycles. The Balaban J connectivity index is 1.69. The van der Waals surface area contributed by atoms with Crippen molar-refractivity contribution in [2.24, 2.45) is 0 Å². The van der Waals surface area contributed by atoms with Crippen LogP contribution in [-0.4, -0.2) is 0 Å². The zero-order valence-electron chi connectivity index (χ0n) is 8.65. The van der Waals surface area contributed by atoms with E-state index < -0.39 is 0 Å². The molecule has 0 bridgehead atoms. The van der Waals surface area contributed by atoms with E-state index in [2.05, 4.69) is 32.9 Å². The number of halogens is 1. The summed E-state index contributed by atoms with van der Waals surface area (Å²) >= 11 is 5.11. The number of hydrogen-bond acceptors (Lipinski definition) is 3. The van der Waals surface area contributed by atoms with E-state index in [1.165, 1.54) is 11.1 Å². The van der Waals surface area contributed by atoms with E-state index in [-0.39, 0.29) is 0 Å². The van der Waals surface area contributed by atoms with Gasteiger partial charge in [-0.25, -0.2) is 0 Å². The highest BCUT2D eigenvalue weighted by Crippen LogP contribution is 2.20. The maximum atomic E-state index is 5.37. The smallest absolute Gasteiger partial charge is 0.0933 e. The molecule has 2 nitrogen and oxygen atoms in total. The van der Waals surface area contributed by atoms with Gasteiger partial charge in [-0.1, -0.05) is 30.3 Å². The molecule has 16 heavy (non-hydrogen) atoms. The number of hydrogen-bond donors (Lipinski definition) is 1. The van der Waals surface area contributed by atoms with Gasteiger partial charge in [0.15, 0.2) is 0 Å². The second-order valence-corrected chi connectivity index (χ2v) is 5.64. The van der Waals surface area contributed by atoms with Gasteiger partial charge in [0.25, 0.3) is 0 Å². The van der Waals surface area contributed by atoms with Gasteiger partial charge in [0.2, 0.25) is 0 Å². The van der Waals surface area contributed by atoms with Crippen LogP contribution in [-0.2, 0) is 18.0 Å². The molecule has 4 heteroatoms. The molecular weight excluding hydrogens is 286 g/mol. The SMILES string of the molecule is Brc1cc(CNOCc2ccccc2)cs1. The second kappa shape index (κ2) is 6.15. The molecule has 0 atom stereocenters. The second-order valence-electron chi connectivity index (χ2n) is 3.35. The van der Waals surface area contributed by atoms with E-state index in [4.69, 9.17) is 4.84 Å². The van der Waals surface area contributed by atoms with Crippen molar-refractivity contribution in [1.82, 2.24) is 5.48 Å². The first-order chi connectivity index (χ1) is 7.84. The van der Waals surface area contributed by atoms with E-state index >= 15 is 0 Å². The molecule has 0 radical (unpaired) electrons. The number of hydroxylamine groups is 1. The average molecular weight is 298 g/mol. The molecule has 1 aromatic carbocycles. The van der Waals surface area contributed by atoms with Crippen LogP contribution in [0, 0.1) is 0 Å². The normalized spacial score (nSPS) is 10.6. The predicted octanol–water partition coefficient (Wildman–Crippen LogP) is 3.73. The summed E-state index contributed by atoms with van der Waals surface area (Å²) in [7, 11) is 0. The summed E-state index contributed by atoms with van der Waals surface area (Å²) < 4.78 is 1.15. The van der Waals surface area contributed by atoms with Crippen LogP contribution in [0.1, 0.15) is 11.1 Å². The molecule has 1 N–H and O–H groups in total. The number of rotatable bonds is 5. The summed E-state index contributed by atoms with van der Waals surface area (Å²) in [5.41, 5.74) is 5.34. The fraction of sp³-hybridized carbons (Fsp3) is 0.167. The quantitative estimate of drug-likeness (QED) is 0.671. The molecule has 0 spiro atoms. The largest absolute Gasteiger partial charge is 0.297 e. The summed E-state index contributed by atoms with van der Waals surface area (Å²) in [5, 5.41) is 2.10. The Kier molecular flexibility index (Phi) is 4.54. The Morgan fingerprint density at radius 3 is 2.69 bits per heavy atom. The van der Waals surface area contributed by atoms with Gasteiger partial charge in [0.1, 0.15) is 0 Å². The van der Waals surface area contributed by atoms with E-state index in [0.29, 0.717) is 6.61 Å². The zero-order valence-corrected chi connectivity index (χ0v) is 11.1. The first-order valence-electron chi connectivity index (χ1n) is 4.96. The molecule has 1 aromatic heterocycles. The fourth-order valence-corrected chi connectivity index (χ4v) is 2.49. The number of nitrogens with one attached hydrogen (secondary N) is 1. The topological polar surface area (TPSA) is 21.3 Å². The van der Waals surface area contributed by atoms with Crippen molar-refractivity contribution in [3.05, 3.63) is 56.7 Å². The van der Waals surface area contributed by atoms with Gasteiger partial charge in [-0.2, -0.15) is 5.48 Å². The highest BCUT2D eigenvalue weighted by Gasteiger charge is 1.97. The Bertz CT molecular complexity index is 430. The molecule has 2 rings (SSSR count). The molecule has 1 heterocycles. The third kappa shape index (κ3) is 3.72. The number of thiophene rings is 1. The van der Waals surface area contributed by atoms with Crippen LogP contribution in [0.4, 0.5) is 0 Å². The maximum absolute atomic E-state index is 5.37. The minimum atomic E-state index is 0.589. The van der Waals surface area contributed by atoms with Crippen LogP contribution in [0.2, 0.25) is 0 Å². The Morgan fingerprint density at radius 2 is 2.00 bits per heavy atom. The first kappa shape index (κ1) is 11.8. The maximum Gasteiger partial charge on any atom is 0.0933 e. The van der Waals surface area contributed by atoms with Crippen molar-refractivity contribution in [2.45, 2.75) is 13.2 Å². The van der Waals surface area contributed by atoms with E-state index in [0.717, 1.165) is 10.3 Å². The van der Waals surface area contributed by atoms with Crippen molar-refractivity contribution >= 4 is 27.3 Å². The van der Waals surface area contributed by atoms with Gasteiger partial charge in [0, 0.05) is 6.54 Å². The molecule has 84 valence electrons. The predicted molar refractivity (Wildman–Crippen MR) is 70.1 cm³/mol. The molecule has 0 amide bonds. The molecule has 0 aliphatic heterocycles. The van der Waals surface area contributed by atoms with Gasteiger partial charge in [-0.05, 0) is 38.5 Å². The molecule has 2 aromatic rings. The lowest BCUT2D eigenvalue weighted by Gasteiger charge is -2.04. The molecule has 0 fully saturated rings. The van der Waals surface area contributed by atoms with Gasteiger partial charge in [-0.15, -0.1) is 11.3 Å². The van der Waals surface area contributed by atoms with Crippen molar-refractivity contribution in [3.63, 3.8) is 0 Å². The van der Waals surface area contributed by atoms with Crippen molar-refractivity contribution in [1.29, 1.82) is 0 Å². The van der Waals surface area contributed by atoms with Crippen LogP contribution in [0.3, 0.4) is 0 Å². The average Bonchev–Trinajstić information content (AvgIpc) is 2.72. The Labute approximate surface area is 107 Å². The minimum Gasteiger partial charge on any atom is -0.297 e. The van der Waals surface area contributed by atoms with Crippen LogP contribution in [0.15, 0.2) is 45.6 Å². The van der Waals surface area contributed by atoms with Gasteiger partial charge >= 0.3 is 0 Å². The lowest BCUT2D eigenvalue weighted by atomic mass is 10.2. The van der Waals surface area contributed by atoms with Gasteiger partial charge < -0.3 is 0 Å². The standard InChI is InChI=1S/C12H12BrNOS/c13-12-6-11(9-16-12)7-14-15-8-10-4-2-1-3-5-10/h1-6,9,14H,7-8H2. The van der Waals surface area contributed by atoms with Crippen LogP contribution in [0.25, 0.3) is 0 Å². The summed E-state index contributed by atoms with van der Waals surface area (Å²) in [6.45, 7) is 1.32. The highest BCUT2D eigenvalue weighted by atomic mass is 79.9. The van der Waals surface area contributed by atoms with Crippen molar-refractivity contribution < 1.29 is 4.84 Å². The van der Waals surface area contributed by atoms with E-state index in [1.54, 1.807) is 11.3 Å². The lowest BCUT2D eigenvalue weighted by Crippen LogP contribution is -2.13. The van der Waals surface area contributed by atoms with Crippen LogP contribution >= 0.6 is 27.3 Å². The fourth-order valence-electron chi connectivity index (χ4n) is 1.28. The molecule has 0 aliphatic rings. The van der Waals surface area contributed by atoms with Crippen molar-refractivity contribution in [2.75, 3.05) is 0 Å². The van der Waals surface area contributed by atoms with Gasteiger partial charge in [-0.3, -0.25) is 4.84 Å². The zero-order chi connectivity index (χ0) is 11.2. The van der Waals surface area contributed by atoms with Crippen LogP contribution < -0.4 is 5.48 Å².